The van der Waals surface area contributed by atoms with Gasteiger partial charge in [0.05, 0.1) is 12.8 Å². The molecule has 4 nitrogen and oxygen atoms in total. The molecule has 0 unspecified atom stereocenters. The van der Waals surface area contributed by atoms with Gasteiger partial charge in [0.25, 0.3) is 5.91 Å². The number of hydrogen-bond acceptors (Lipinski definition) is 4. The highest BCUT2D eigenvalue weighted by atomic mass is 32.1. The molecule has 144 valence electrons. The van der Waals surface area contributed by atoms with Crippen LogP contribution in [0, 0.1) is 6.92 Å². The van der Waals surface area contributed by atoms with Gasteiger partial charge < -0.3 is 10.1 Å². The van der Waals surface area contributed by atoms with Gasteiger partial charge in [-0.3, -0.25) is 4.79 Å². The summed E-state index contributed by atoms with van der Waals surface area (Å²) < 4.78 is 5.12. The first kappa shape index (κ1) is 18.9. The number of carbonyl (C=O) groups excluding carboxylic acids is 1. The maximum absolute atomic E-state index is 12.4. The van der Waals surface area contributed by atoms with E-state index >= 15 is 0 Å². The summed E-state index contributed by atoms with van der Waals surface area (Å²) in [5, 5.41) is 5.99. The van der Waals surface area contributed by atoms with E-state index in [0.717, 1.165) is 33.3 Å². The normalized spacial score (nSPS) is 10.6. The van der Waals surface area contributed by atoms with Crippen LogP contribution in [0.3, 0.4) is 0 Å². The van der Waals surface area contributed by atoms with E-state index in [1.165, 1.54) is 5.56 Å². The number of nitrogens with zero attached hydrogens (tertiary/aromatic N) is 1. The van der Waals surface area contributed by atoms with Gasteiger partial charge in [0.2, 0.25) is 0 Å². The van der Waals surface area contributed by atoms with Crippen LogP contribution in [0.25, 0.3) is 21.8 Å². The smallest absolute Gasteiger partial charge is 0.255 e. The lowest BCUT2D eigenvalue weighted by atomic mass is 10.1. The van der Waals surface area contributed by atoms with Crippen molar-refractivity contribution < 1.29 is 9.53 Å². The molecular formula is C24H20N2O2S. The van der Waals surface area contributed by atoms with E-state index in [1.54, 1.807) is 42.7 Å². The number of nitrogens with one attached hydrogen (secondary N) is 1. The lowest BCUT2D eigenvalue weighted by Gasteiger charge is -2.07. The zero-order valence-corrected chi connectivity index (χ0v) is 17.0. The van der Waals surface area contributed by atoms with E-state index < -0.39 is 0 Å². The Morgan fingerprint density at radius 3 is 2.38 bits per heavy atom. The van der Waals surface area contributed by atoms with Crippen LogP contribution < -0.4 is 10.1 Å². The first-order chi connectivity index (χ1) is 14.1. The number of hydrogen-bond donors (Lipinski definition) is 1. The number of methoxy groups -OCH3 is 1. The van der Waals surface area contributed by atoms with Gasteiger partial charge in [0.1, 0.15) is 10.8 Å². The molecule has 4 aromatic rings. The Bertz CT molecular complexity index is 1130. The van der Waals surface area contributed by atoms with Crippen LogP contribution in [-0.4, -0.2) is 18.0 Å². The monoisotopic (exact) mass is 400 g/mol. The van der Waals surface area contributed by atoms with Gasteiger partial charge in [-0.25, -0.2) is 4.98 Å². The summed E-state index contributed by atoms with van der Waals surface area (Å²) in [4.78, 5) is 17.2. The van der Waals surface area contributed by atoms with E-state index in [0.29, 0.717) is 5.56 Å². The SMILES string of the molecule is COc1ccc(C(=O)Nc2ccc(-c3csc(-c4ccccc4C)n3)cc2)cc1. The minimum Gasteiger partial charge on any atom is -0.497 e. The summed E-state index contributed by atoms with van der Waals surface area (Å²) in [5.41, 5.74) is 5.64. The lowest BCUT2D eigenvalue weighted by Crippen LogP contribution is -2.11. The molecule has 29 heavy (non-hydrogen) atoms. The Morgan fingerprint density at radius 1 is 0.966 bits per heavy atom. The van der Waals surface area contributed by atoms with Gasteiger partial charge in [0, 0.05) is 27.8 Å². The Morgan fingerprint density at radius 2 is 1.69 bits per heavy atom. The number of ether oxygens (including phenoxy) is 1. The maximum atomic E-state index is 12.4. The summed E-state index contributed by atoms with van der Waals surface area (Å²) in [7, 11) is 1.60. The van der Waals surface area contributed by atoms with Crippen molar-refractivity contribution in [1.82, 2.24) is 4.98 Å². The number of rotatable bonds is 5. The third-order valence-corrected chi connectivity index (χ3v) is 5.55. The van der Waals surface area contributed by atoms with Crippen LogP contribution in [0.1, 0.15) is 15.9 Å². The second-order valence-corrected chi connectivity index (χ2v) is 7.47. The molecule has 3 aromatic carbocycles. The third-order valence-electron chi connectivity index (χ3n) is 4.67. The molecule has 0 aliphatic rings. The molecule has 0 bridgehead atoms. The quantitative estimate of drug-likeness (QED) is 0.444. The Balaban J connectivity index is 1.48. The fourth-order valence-corrected chi connectivity index (χ4v) is 3.93. The minimum absolute atomic E-state index is 0.157. The van der Waals surface area contributed by atoms with E-state index in [1.807, 2.05) is 36.4 Å². The van der Waals surface area contributed by atoms with E-state index in [4.69, 9.17) is 9.72 Å². The number of carbonyl (C=O) groups is 1. The van der Waals surface area contributed by atoms with Crippen molar-refractivity contribution in [2.24, 2.45) is 0 Å². The summed E-state index contributed by atoms with van der Waals surface area (Å²) in [6.45, 7) is 2.09. The molecule has 0 saturated heterocycles. The van der Waals surface area contributed by atoms with Crippen molar-refractivity contribution in [1.29, 1.82) is 0 Å². The molecule has 0 fully saturated rings. The molecule has 0 aliphatic heterocycles. The third kappa shape index (κ3) is 4.20. The zero-order chi connectivity index (χ0) is 20.2. The van der Waals surface area contributed by atoms with Gasteiger partial charge in [0.15, 0.2) is 0 Å². The molecule has 0 aliphatic carbocycles. The Labute approximate surface area is 173 Å². The number of amides is 1. The maximum Gasteiger partial charge on any atom is 0.255 e. The molecule has 1 aromatic heterocycles. The van der Waals surface area contributed by atoms with Crippen LogP contribution in [0.4, 0.5) is 5.69 Å². The van der Waals surface area contributed by atoms with Crippen LogP contribution in [0.15, 0.2) is 78.2 Å². The molecule has 0 radical (unpaired) electrons. The van der Waals surface area contributed by atoms with Crippen LogP contribution in [0.5, 0.6) is 5.75 Å². The van der Waals surface area contributed by atoms with Crippen molar-refractivity contribution in [3.8, 4) is 27.6 Å². The van der Waals surface area contributed by atoms with Crippen molar-refractivity contribution in [2.45, 2.75) is 6.92 Å². The molecule has 5 heteroatoms. The second kappa shape index (κ2) is 8.29. The molecule has 1 heterocycles. The van der Waals surface area contributed by atoms with Crippen LogP contribution in [0.2, 0.25) is 0 Å². The summed E-state index contributed by atoms with van der Waals surface area (Å²) >= 11 is 1.64. The summed E-state index contributed by atoms with van der Waals surface area (Å²) in [6, 6.07) is 23.0. The van der Waals surface area contributed by atoms with Gasteiger partial charge >= 0.3 is 0 Å². The van der Waals surface area contributed by atoms with Gasteiger partial charge in [-0.2, -0.15) is 0 Å². The molecule has 0 spiro atoms. The standard InChI is InChI=1S/C24H20N2O2S/c1-16-5-3-4-6-21(16)24-26-22(15-29-24)17-7-11-19(12-8-17)25-23(27)18-9-13-20(28-2)14-10-18/h3-15H,1-2H3,(H,25,27). The van der Waals surface area contributed by atoms with E-state index in [-0.39, 0.29) is 5.91 Å². The molecule has 4 rings (SSSR count). The van der Waals surface area contributed by atoms with Crippen LogP contribution >= 0.6 is 11.3 Å². The molecule has 0 atom stereocenters. The Kier molecular flexibility index (Phi) is 5.40. The Hall–Kier alpha value is -3.44. The molecule has 0 saturated carbocycles. The van der Waals surface area contributed by atoms with Crippen molar-refractivity contribution in [3.05, 3.63) is 89.3 Å². The highest BCUT2D eigenvalue weighted by Gasteiger charge is 2.10. The average molecular weight is 401 g/mol. The zero-order valence-electron chi connectivity index (χ0n) is 16.2. The van der Waals surface area contributed by atoms with Crippen molar-refractivity contribution >= 4 is 22.9 Å². The van der Waals surface area contributed by atoms with Crippen molar-refractivity contribution in [3.63, 3.8) is 0 Å². The first-order valence-corrected chi connectivity index (χ1v) is 10.1. The fourth-order valence-electron chi connectivity index (χ4n) is 3.01. The predicted molar refractivity (Wildman–Crippen MR) is 119 cm³/mol. The number of anilines is 1. The van der Waals surface area contributed by atoms with Gasteiger partial charge in [-0.1, -0.05) is 36.4 Å². The minimum atomic E-state index is -0.157. The second-order valence-electron chi connectivity index (χ2n) is 6.61. The predicted octanol–water partition coefficient (Wildman–Crippen LogP) is 6.05. The fraction of sp³-hybridized carbons (Fsp3) is 0.0833. The van der Waals surface area contributed by atoms with Gasteiger partial charge in [-0.15, -0.1) is 11.3 Å². The van der Waals surface area contributed by atoms with Crippen molar-refractivity contribution in [2.75, 3.05) is 12.4 Å². The molecule has 1 amide bonds. The number of benzene rings is 3. The van der Waals surface area contributed by atoms with Crippen LogP contribution in [-0.2, 0) is 0 Å². The number of aromatic nitrogens is 1. The largest absolute Gasteiger partial charge is 0.497 e. The molecular weight excluding hydrogens is 380 g/mol. The molecule has 1 N–H and O–H groups in total. The van der Waals surface area contributed by atoms with E-state index in [2.05, 4.69) is 29.8 Å². The summed E-state index contributed by atoms with van der Waals surface area (Å²) in [6.07, 6.45) is 0. The topological polar surface area (TPSA) is 51.2 Å². The highest BCUT2D eigenvalue weighted by Crippen LogP contribution is 2.31. The first-order valence-electron chi connectivity index (χ1n) is 9.21. The van der Waals surface area contributed by atoms with E-state index in [9.17, 15) is 4.79 Å². The number of thiazole rings is 1. The average Bonchev–Trinajstić information content (AvgIpc) is 3.24. The highest BCUT2D eigenvalue weighted by molar-refractivity contribution is 7.13. The summed E-state index contributed by atoms with van der Waals surface area (Å²) in [5.74, 6) is 0.565. The van der Waals surface area contributed by atoms with Gasteiger partial charge in [-0.05, 0) is 48.9 Å². The lowest BCUT2D eigenvalue weighted by molar-refractivity contribution is 0.102. The number of aryl methyl sites for hydroxylation is 1.